The molecule has 9 nitrogen and oxygen atoms in total. The van der Waals surface area contributed by atoms with E-state index in [9.17, 15) is 23.2 Å². The van der Waals surface area contributed by atoms with Crippen LogP contribution in [0.4, 0.5) is 28.4 Å². The Kier molecular flexibility index (Phi) is 8.64. The van der Waals surface area contributed by atoms with E-state index >= 15 is 4.39 Å². The monoisotopic (exact) mass is 761 g/mol. The number of aromatic nitrogens is 2. The Balaban J connectivity index is 1.25. The SMILES string of the molecule is N#Cc1c(N)sc2c(F)ccc(-c3c(Cl)cc4c(N5CCCCC6(CN(C(=O)C(F)Cl)C6)C5)nc(OC[C@@]56CCCN5C[C@H](F)C6)nc4c3F)c12. The fourth-order valence-electron chi connectivity index (χ4n) is 8.73. The zero-order valence-electron chi connectivity index (χ0n) is 27.3. The minimum atomic E-state index is -2.12. The number of hydrogen-bond donors (Lipinski definition) is 1. The molecular formula is C35H33Cl2F4N7O2S. The van der Waals surface area contributed by atoms with Crippen LogP contribution in [0, 0.1) is 28.4 Å². The lowest BCUT2D eigenvalue weighted by atomic mass is 9.75. The van der Waals surface area contributed by atoms with Crippen molar-refractivity contribution in [1.29, 1.82) is 5.26 Å². The number of nitrogens with zero attached hydrogens (tertiary/aromatic N) is 6. The second-order valence-electron chi connectivity index (χ2n) is 14.3. The molecule has 4 aliphatic heterocycles. The van der Waals surface area contributed by atoms with Gasteiger partial charge in [0.1, 0.15) is 41.0 Å². The Labute approximate surface area is 304 Å². The summed E-state index contributed by atoms with van der Waals surface area (Å²) >= 11 is 13.2. The van der Waals surface area contributed by atoms with Gasteiger partial charge in [0.05, 0.1) is 20.8 Å². The highest BCUT2D eigenvalue weighted by atomic mass is 35.5. The summed E-state index contributed by atoms with van der Waals surface area (Å²) in [5.74, 6) is -1.83. The second kappa shape index (κ2) is 12.8. The van der Waals surface area contributed by atoms with Gasteiger partial charge in [-0.2, -0.15) is 15.2 Å². The number of benzene rings is 2. The lowest BCUT2D eigenvalue weighted by Crippen LogP contribution is -2.63. The number of carbonyl (C=O) groups is 1. The molecule has 8 rings (SSSR count). The number of hydrogen-bond acceptors (Lipinski definition) is 9. The van der Waals surface area contributed by atoms with Crippen molar-refractivity contribution in [2.75, 3.05) is 56.5 Å². The topological polar surface area (TPSA) is 112 Å². The summed E-state index contributed by atoms with van der Waals surface area (Å²) < 4.78 is 66.7. The van der Waals surface area contributed by atoms with Gasteiger partial charge >= 0.3 is 6.01 Å². The lowest BCUT2D eigenvalue weighted by Gasteiger charge is -2.51. The van der Waals surface area contributed by atoms with Gasteiger partial charge in [-0.15, -0.1) is 11.3 Å². The molecule has 268 valence electrons. The van der Waals surface area contributed by atoms with E-state index in [4.69, 9.17) is 38.7 Å². The van der Waals surface area contributed by atoms with Gasteiger partial charge in [-0.25, -0.2) is 17.6 Å². The molecule has 0 bridgehead atoms. The molecule has 4 fully saturated rings. The van der Waals surface area contributed by atoms with E-state index in [-0.39, 0.29) is 60.3 Å². The predicted molar refractivity (Wildman–Crippen MR) is 189 cm³/mol. The van der Waals surface area contributed by atoms with Gasteiger partial charge in [-0.05, 0) is 49.9 Å². The van der Waals surface area contributed by atoms with Crippen LogP contribution in [-0.4, -0.2) is 88.9 Å². The molecule has 3 atom stereocenters. The molecule has 2 N–H and O–H groups in total. The third-order valence-electron chi connectivity index (χ3n) is 11.0. The molecule has 1 unspecified atom stereocenters. The number of nitrogens with two attached hydrogens (primary N) is 1. The molecule has 0 aliphatic carbocycles. The summed E-state index contributed by atoms with van der Waals surface area (Å²) in [5, 5.41) is 10.4. The molecule has 1 spiro atoms. The summed E-state index contributed by atoms with van der Waals surface area (Å²) in [4.78, 5) is 27.2. The molecule has 2 aromatic heterocycles. The maximum Gasteiger partial charge on any atom is 0.319 e. The van der Waals surface area contributed by atoms with Crippen molar-refractivity contribution < 1.29 is 27.1 Å². The first-order chi connectivity index (χ1) is 24.4. The maximum absolute atomic E-state index is 17.1. The summed E-state index contributed by atoms with van der Waals surface area (Å²) in [6.07, 6.45) is 3.40. The number of fused-ring (bicyclic) bond motifs is 3. The van der Waals surface area contributed by atoms with Crippen molar-refractivity contribution in [2.24, 2.45) is 5.41 Å². The number of amides is 1. The Bertz CT molecular complexity index is 2120. The van der Waals surface area contributed by atoms with E-state index in [1.165, 1.54) is 17.0 Å². The van der Waals surface area contributed by atoms with Crippen LogP contribution in [0.25, 0.3) is 32.1 Å². The summed E-state index contributed by atoms with van der Waals surface area (Å²) in [7, 11) is 0. The van der Waals surface area contributed by atoms with Gasteiger partial charge in [0.2, 0.25) is 0 Å². The van der Waals surface area contributed by atoms with Crippen LogP contribution in [0.5, 0.6) is 6.01 Å². The highest BCUT2D eigenvalue weighted by Crippen LogP contribution is 2.47. The van der Waals surface area contributed by atoms with Crippen LogP contribution in [0.2, 0.25) is 5.02 Å². The summed E-state index contributed by atoms with van der Waals surface area (Å²) in [6, 6.07) is 6.03. The molecule has 51 heavy (non-hydrogen) atoms. The van der Waals surface area contributed by atoms with E-state index in [1.54, 1.807) is 6.07 Å². The Morgan fingerprint density at radius 2 is 1.98 bits per heavy atom. The van der Waals surface area contributed by atoms with Crippen LogP contribution < -0.4 is 15.4 Å². The van der Waals surface area contributed by atoms with Crippen LogP contribution in [0.15, 0.2) is 18.2 Å². The molecule has 4 saturated heterocycles. The normalized spacial score (nSPS) is 23.7. The van der Waals surface area contributed by atoms with E-state index < -0.39 is 34.9 Å². The fourth-order valence-corrected chi connectivity index (χ4v) is 10.1. The Hall–Kier alpha value is -3.64. The number of nitriles is 1. The second-order valence-corrected chi connectivity index (χ2v) is 16.1. The van der Waals surface area contributed by atoms with Gasteiger partial charge < -0.3 is 20.3 Å². The molecule has 0 saturated carbocycles. The lowest BCUT2D eigenvalue weighted by molar-refractivity contribution is -0.145. The smallest absolute Gasteiger partial charge is 0.319 e. The molecule has 0 radical (unpaired) electrons. The van der Waals surface area contributed by atoms with Crippen LogP contribution >= 0.6 is 34.5 Å². The first-order valence-electron chi connectivity index (χ1n) is 16.9. The highest BCUT2D eigenvalue weighted by Gasteiger charge is 2.50. The molecule has 2 aromatic carbocycles. The number of thiophene rings is 1. The van der Waals surface area contributed by atoms with Crippen LogP contribution in [-0.2, 0) is 4.79 Å². The number of carbonyl (C=O) groups excluding carboxylic acids is 1. The quantitative estimate of drug-likeness (QED) is 0.162. The standard InChI is InChI=1S/C35H33Cl2F4N7O2S/c36-22-10-20-27(26(40)25(22)19-4-5-23(39)28-24(19)21(12-42)30(43)51-28)44-33(50-17-35-7-3-9-48(35)13-18(38)11-35)45-31(20)46-8-2-1-6-34(14-46)15-47(16-34)32(49)29(37)41/h4-5,10,18,29H,1-3,6-9,11,13-17,43H2/t18-,29?,35+/m1/s1. The van der Waals surface area contributed by atoms with Crippen molar-refractivity contribution in [3.63, 3.8) is 0 Å². The van der Waals surface area contributed by atoms with Gasteiger partial charge in [0.25, 0.3) is 11.5 Å². The number of ether oxygens (including phenoxy) is 1. The molecular weight excluding hydrogens is 729 g/mol. The van der Waals surface area contributed by atoms with Crippen molar-refractivity contribution in [1.82, 2.24) is 19.8 Å². The van der Waals surface area contributed by atoms with Crippen molar-refractivity contribution in [3.8, 4) is 23.2 Å². The third-order valence-corrected chi connectivity index (χ3v) is 12.5. The Morgan fingerprint density at radius 3 is 2.75 bits per heavy atom. The number of nitrogen functional groups attached to an aromatic ring is 1. The van der Waals surface area contributed by atoms with Crippen molar-refractivity contribution in [2.45, 2.75) is 55.9 Å². The average Bonchev–Trinajstić information content (AvgIpc) is 3.66. The Morgan fingerprint density at radius 1 is 1.18 bits per heavy atom. The number of anilines is 2. The first-order valence-corrected chi connectivity index (χ1v) is 18.5. The predicted octanol–water partition coefficient (Wildman–Crippen LogP) is 7.21. The largest absolute Gasteiger partial charge is 0.461 e. The number of likely N-dealkylation sites (tertiary alicyclic amines) is 1. The minimum absolute atomic E-state index is 0.0124. The van der Waals surface area contributed by atoms with Crippen molar-refractivity contribution in [3.05, 3.63) is 40.4 Å². The molecule has 1 amide bonds. The van der Waals surface area contributed by atoms with E-state index in [1.807, 2.05) is 11.0 Å². The summed E-state index contributed by atoms with van der Waals surface area (Å²) in [6.45, 7) is 2.81. The minimum Gasteiger partial charge on any atom is -0.461 e. The zero-order valence-corrected chi connectivity index (χ0v) is 29.7. The maximum atomic E-state index is 17.1. The highest BCUT2D eigenvalue weighted by molar-refractivity contribution is 7.23. The molecule has 4 aliphatic rings. The molecule has 4 aromatic rings. The van der Waals surface area contributed by atoms with Crippen LogP contribution in [0.3, 0.4) is 0 Å². The van der Waals surface area contributed by atoms with Gasteiger partial charge in [0, 0.05) is 60.9 Å². The third kappa shape index (κ3) is 5.71. The molecule has 16 heteroatoms. The number of halogens is 6. The van der Waals surface area contributed by atoms with Gasteiger partial charge in [-0.3, -0.25) is 9.69 Å². The zero-order chi connectivity index (χ0) is 35.8. The van der Waals surface area contributed by atoms with Crippen molar-refractivity contribution >= 4 is 72.3 Å². The summed E-state index contributed by atoms with van der Waals surface area (Å²) in [5.41, 5.74) is 3.09. The number of rotatable bonds is 6. The van der Waals surface area contributed by atoms with E-state index in [0.717, 1.165) is 50.0 Å². The van der Waals surface area contributed by atoms with Gasteiger partial charge in [0.15, 0.2) is 5.82 Å². The fraction of sp³-hybridized carbons (Fsp3) is 0.486. The van der Waals surface area contributed by atoms with Gasteiger partial charge in [-0.1, -0.05) is 35.7 Å². The van der Waals surface area contributed by atoms with E-state index in [2.05, 4.69) is 9.88 Å². The van der Waals surface area contributed by atoms with Crippen LogP contribution in [0.1, 0.15) is 44.1 Å². The number of alkyl halides is 3. The first kappa shape index (κ1) is 34.4. The molecule has 6 heterocycles. The average molecular weight is 763 g/mol. The van der Waals surface area contributed by atoms with E-state index in [0.29, 0.717) is 50.3 Å².